The van der Waals surface area contributed by atoms with E-state index in [1.54, 1.807) is 31.0 Å². The first-order valence-corrected chi connectivity index (χ1v) is 7.78. The fourth-order valence-corrected chi connectivity index (χ4v) is 2.80. The van der Waals surface area contributed by atoms with Crippen LogP contribution in [0.5, 0.6) is 0 Å². The molecule has 5 aromatic heterocycles. The average molecular weight is 346 g/mol. The van der Waals surface area contributed by atoms with Gasteiger partial charge < -0.3 is 10.3 Å². The SMILES string of the molecule is Fc1cc(-c2c[nH]c3nc(Nc4ccncc4)ncc23)cn2ncnc12. The predicted molar refractivity (Wildman–Crippen MR) is 93.3 cm³/mol. The normalized spacial score (nSPS) is 11.3. The summed E-state index contributed by atoms with van der Waals surface area (Å²) in [5.41, 5.74) is 3.11. The number of H-pyrrole nitrogens is 1. The van der Waals surface area contributed by atoms with E-state index < -0.39 is 5.82 Å². The maximum atomic E-state index is 14.2. The lowest BCUT2D eigenvalue weighted by atomic mass is 10.1. The number of aromatic amines is 1. The molecule has 5 aromatic rings. The molecule has 0 unspecified atom stereocenters. The van der Waals surface area contributed by atoms with Crippen LogP contribution >= 0.6 is 0 Å². The van der Waals surface area contributed by atoms with Gasteiger partial charge in [0.2, 0.25) is 5.95 Å². The maximum Gasteiger partial charge on any atom is 0.229 e. The van der Waals surface area contributed by atoms with Crippen molar-refractivity contribution in [2.75, 3.05) is 5.32 Å². The first-order chi connectivity index (χ1) is 12.8. The summed E-state index contributed by atoms with van der Waals surface area (Å²) in [6, 6.07) is 5.07. The van der Waals surface area contributed by atoms with E-state index in [1.807, 2.05) is 12.1 Å². The van der Waals surface area contributed by atoms with Crippen molar-refractivity contribution in [1.82, 2.24) is 34.5 Å². The van der Waals surface area contributed by atoms with Crippen LogP contribution in [0.25, 0.3) is 27.8 Å². The van der Waals surface area contributed by atoms with Crippen LogP contribution in [-0.2, 0) is 0 Å². The van der Waals surface area contributed by atoms with Crippen molar-refractivity contribution < 1.29 is 4.39 Å². The molecule has 0 spiro atoms. The molecular weight excluding hydrogens is 335 g/mol. The second-order valence-corrected chi connectivity index (χ2v) is 5.62. The molecule has 9 heteroatoms. The number of hydrogen-bond acceptors (Lipinski definition) is 6. The van der Waals surface area contributed by atoms with E-state index >= 15 is 0 Å². The Labute approximate surface area is 145 Å². The van der Waals surface area contributed by atoms with Crippen LogP contribution in [0.15, 0.2) is 55.5 Å². The molecule has 2 N–H and O–H groups in total. The molecule has 126 valence electrons. The number of rotatable bonds is 3. The number of nitrogens with one attached hydrogen (secondary N) is 2. The molecule has 0 aromatic carbocycles. The molecular formula is C17H11FN8. The van der Waals surface area contributed by atoms with Crippen molar-refractivity contribution >= 4 is 28.3 Å². The molecule has 0 amide bonds. The van der Waals surface area contributed by atoms with E-state index in [1.165, 1.54) is 16.9 Å². The zero-order valence-electron chi connectivity index (χ0n) is 13.3. The number of halogens is 1. The van der Waals surface area contributed by atoms with Gasteiger partial charge in [-0.3, -0.25) is 4.98 Å². The molecule has 0 saturated carbocycles. The minimum Gasteiger partial charge on any atom is -0.345 e. The summed E-state index contributed by atoms with van der Waals surface area (Å²) in [6.45, 7) is 0. The van der Waals surface area contributed by atoms with Crippen LogP contribution in [0, 0.1) is 5.82 Å². The monoisotopic (exact) mass is 346 g/mol. The van der Waals surface area contributed by atoms with E-state index in [0.717, 1.165) is 16.6 Å². The zero-order valence-corrected chi connectivity index (χ0v) is 13.3. The topological polar surface area (TPSA) is 96.7 Å². The molecule has 26 heavy (non-hydrogen) atoms. The number of fused-ring (bicyclic) bond motifs is 2. The Morgan fingerprint density at radius 2 is 2.04 bits per heavy atom. The maximum absolute atomic E-state index is 14.2. The summed E-state index contributed by atoms with van der Waals surface area (Å²) < 4.78 is 15.6. The molecule has 0 aliphatic heterocycles. The van der Waals surface area contributed by atoms with Gasteiger partial charge in [0.05, 0.1) is 0 Å². The second-order valence-electron chi connectivity index (χ2n) is 5.62. The van der Waals surface area contributed by atoms with Crippen molar-refractivity contribution in [2.24, 2.45) is 0 Å². The molecule has 8 nitrogen and oxygen atoms in total. The molecule has 0 radical (unpaired) electrons. The fraction of sp³-hybridized carbons (Fsp3) is 0. The van der Waals surface area contributed by atoms with Crippen LogP contribution in [0.3, 0.4) is 0 Å². The van der Waals surface area contributed by atoms with Crippen LogP contribution in [-0.4, -0.2) is 34.5 Å². The summed E-state index contributed by atoms with van der Waals surface area (Å²) >= 11 is 0. The molecule has 0 fully saturated rings. The number of pyridine rings is 2. The third-order valence-electron chi connectivity index (χ3n) is 4.01. The summed E-state index contributed by atoms with van der Waals surface area (Å²) in [6.07, 6.45) is 9.87. The zero-order chi connectivity index (χ0) is 17.5. The Bertz CT molecular complexity index is 1230. The minimum atomic E-state index is -0.439. The van der Waals surface area contributed by atoms with Crippen LogP contribution in [0.1, 0.15) is 0 Å². The van der Waals surface area contributed by atoms with Crippen molar-refractivity contribution in [3.05, 3.63) is 61.3 Å². The smallest absolute Gasteiger partial charge is 0.229 e. The van der Waals surface area contributed by atoms with Crippen molar-refractivity contribution in [3.8, 4) is 11.1 Å². The van der Waals surface area contributed by atoms with Gasteiger partial charge in [0.1, 0.15) is 12.0 Å². The van der Waals surface area contributed by atoms with Gasteiger partial charge in [-0.2, -0.15) is 10.1 Å². The highest BCUT2D eigenvalue weighted by atomic mass is 19.1. The van der Waals surface area contributed by atoms with Gasteiger partial charge in [0, 0.05) is 53.2 Å². The predicted octanol–water partition coefficient (Wildman–Crippen LogP) is 2.95. The molecule has 0 bridgehead atoms. The number of hydrogen-bond donors (Lipinski definition) is 2. The van der Waals surface area contributed by atoms with Gasteiger partial charge in [-0.05, 0) is 18.2 Å². The highest BCUT2D eigenvalue weighted by Crippen LogP contribution is 2.29. The minimum absolute atomic E-state index is 0.189. The van der Waals surface area contributed by atoms with E-state index in [4.69, 9.17) is 0 Å². The van der Waals surface area contributed by atoms with Gasteiger partial charge in [0.15, 0.2) is 11.5 Å². The summed E-state index contributed by atoms with van der Waals surface area (Å²) in [4.78, 5) is 19.8. The number of nitrogens with zero attached hydrogens (tertiary/aromatic N) is 6. The molecule has 5 rings (SSSR count). The summed E-state index contributed by atoms with van der Waals surface area (Å²) in [5, 5.41) is 7.89. The number of anilines is 2. The molecule has 5 heterocycles. The van der Waals surface area contributed by atoms with Crippen molar-refractivity contribution in [3.63, 3.8) is 0 Å². The van der Waals surface area contributed by atoms with E-state index in [-0.39, 0.29) is 5.65 Å². The molecule has 0 atom stereocenters. The summed E-state index contributed by atoms with van der Waals surface area (Å²) in [5.74, 6) is 0.0150. The van der Waals surface area contributed by atoms with Crippen molar-refractivity contribution in [1.29, 1.82) is 0 Å². The van der Waals surface area contributed by atoms with Gasteiger partial charge >= 0.3 is 0 Å². The van der Waals surface area contributed by atoms with E-state index in [2.05, 4.69) is 35.3 Å². The summed E-state index contributed by atoms with van der Waals surface area (Å²) in [7, 11) is 0. The molecule has 0 saturated heterocycles. The Balaban J connectivity index is 1.56. The third-order valence-corrected chi connectivity index (χ3v) is 4.01. The van der Waals surface area contributed by atoms with Crippen molar-refractivity contribution in [2.45, 2.75) is 0 Å². The molecule has 0 aliphatic carbocycles. The second kappa shape index (κ2) is 5.59. The lowest BCUT2D eigenvalue weighted by Crippen LogP contribution is -1.97. The standard InChI is InChI=1S/C17H11FN8/c18-14-5-10(8-26-16(14)22-9-23-26)12-6-20-15-13(12)7-21-17(25-15)24-11-1-3-19-4-2-11/h1-9H,(H2,19,20,21,24,25). The first kappa shape index (κ1) is 14.5. The molecule has 0 aliphatic rings. The Morgan fingerprint density at radius 1 is 1.15 bits per heavy atom. The van der Waals surface area contributed by atoms with Gasteiger partial charge in [-0.15, -0.1) is 0 Å². The Hall–Kier alpha value is -3.88. The fourth-order valence-electron chi connectivity index (χ4n) is 2.80. The van der Waals surface area contributed by atoms with Crippen LogP contribution < -0.4 is 5.32 Å². The lowest BCUT2D eigenvalue weighted by Gasteiger charge is -2.04. The highest BCUT2D eigenvalue weighted by molar-refractivity contribution is 5.93. The number of aromatic nitrogens is 7. The lowest BCUT2D eigenvalue weighted by molar-refractivity contribution is 0.628. The van der Waals surface area contributed by atoms with Crippen LogP contribution in [0.4, 0.5) is 16.0 Å². The van der Waals surface area contributed by atoms with Gasteiger partial charge in [-0.25, -0.2) is 18.9 Å². The average Bonchev–Trinajstić information content (AvgIpc) is 3.29. The first-order valence-electron chi connectivity index (χ1n) is 7.78. The highest BCUT2D eigenvalue weighted by Gasteiger charge is 2.13. The van der Waals surface area contributed by atoms with Crippen LogP contribution in [0.2, 0.25) is 0 Å². The third kappa shape index (κ3) is 2.34. The van der Waals surface area contributed by atoms with Gasteiger partial charge in [-0.1, -0.05) is 0 Å². The van der Waals surface area contributed by atoms with Gasteiger partial charge in [0.25, 0.3) is 0 Å². The quantitative estimate of drug-likeness (QED) is 0.521. The van der Waals surface area contributed by atoms with E-state index in [9.17, 15) is 4.39 Å². The Kier molecular flexibility index (Phi) is 3.11. The van der Waals surface area contributed by atoms with E-state index in [0.29, 0.717) is 17.2 Å². The largest absolute Gasteiger partial charge is 0.345 e. The Morgan fingerprint density at radius 3 is 2.92 bits per heavy atom.